The average Bonchev–Trinajstić information content (AvgIpc) is 2.27. The standard InChI is InChI=1S/C11H13NO4/c1-2-16-11(13)7-6-9-4-3-5-10(8-9)12(14)15/h3-5,8H,2,6-7H2,1H3. The van der Waals surface area contributed by atoms with Crippen LogP contribution in [0, 0.1) is 10.1 Å². The monoisotopic (exact) mass is 223 g/mol. The molecule has 16 heavy (non-hydrogen) atoms. The summed E-state index contributed by atoms with van der Waals surface area (Å²) in [4.78, 5) is 21.1. The summed E-state index contributed by atoms with van der Waals surface area (Å²) in [6.07, 6.45) is 0.704. The Balaban J connectivity index is 2.57. The largest absolute Gasteiger partial charge is 0.466 e. The van der Waals surface area contributed by atoms with Crippen molar-refractivity contribution in [2.24, 2.45) is 0 Å². The minimum Gasteiger partial charge on any atom is -0.466 e. The van der Waals surface area contributed by atoms with Crippen LogP contribution in [0.3, 0.4) is 0 Å². The van der Waals surface area contributed by atoms with Gasteiger partial charge in [0.25, 0.3) is 5.69 Å². The van der Waals surface area contributed by atoms with Crippen LogP contribution >= 0.6 is 0 Å². The van der Waals surface area contributed by atoms with Crippen LogP contribution < -0.4 is 0 Å². The smallest absolute Gasteiger partial charge is 0.306 e. The molecule has 0 aliphatic rings. The van der Waals surface area contributed by atoms with E-state index in [1.807, 2.05) is 0 Å². The van der Waals surface area contributed by atoms with Crippen LogP contribution in [0.15, 0.2) is 24.3 Å². The van der Waals surface area contributed by atoms with Gasteiger partial charge in [-0.2, -0.15) is 0 Å². The molecule has 0 saturated heterocycles. The number of ether oxygens (including phenoxy) is 1. The lowest BCUT2D eigenvalue weighted by Gasteiger charge is -2.01. The van der Waals surface area contributed by atoms with Crippen LogP contribution in [0.5, 0.6) is 0 Å². The third kappa shape index (κ3) is 3.68. The zero-order valence-corrected chi connectivity index (χ0v) is 9.01. The second kappa shape index (κ2) is 5.85. The van der Waals surface area contributed by atoms with E-state index in [1.54, 1.807) is 19.1 Å². The molecule has 0 aliphatic carbocycles. The van der Waals surface area contributed by atoms with E-state index in [0.717, 1.165) is 5.56 Å². The molecule has 1 aromatic rings. The minimum absolute atomic E-state index is 0.0429. The van der Waals surface area contributed by atoms with E-state index in [4.69, 9.17) is 4.74 Å². The number of carbonyl (C=O) groups excluding carboxylic acids is 1. The number of aryl methyl sites for hydroxylation is 1. The fraction of sp³-hybridized carbons (Fsp3) is 0.364. The molecule has 0 saturated carbocycles. The maximum Gasteiger partial charge on any atom is 0.306 e. The summed E-state index contributed by atoms with van der Waals surface area (Å²) in [6.45, 7) is 2.10. The van der Waals surface area contributed by atoms with Crippen molar-refractivity contribution in [3.05, 3.63) is 39.9 Å². The van der Waals surface area contributed by atoms with Crippen molar-refractivity contribution in [3.8, 4) is 0 Å². The molecule has 86 valence electrons. The number of esters is 1. The van der Waals surface area contributed by atoms with Crippen LogP contribution in [0.2, 0.25) is 0 Å². The molecule has 5 heteroatoms. The van der Waals surface area contributed by atoms with Gasteiger partial charge in [-0.15, -0.1) is 0 Å². The van der Waals surface area contributed by atoms with Crippen molar-refractivity contribution in [2.45, 2.75) is 19.8 Å². The van der Waals surface area contributed by atoms with Gasteiger partial charge in [-0.1, -0.05) is 12.1 Å². The molecule has 1 aromatic carbocycles. The predicted molar refractivity (Wildman–Crippen MR) is 58.1 cm³/mol. The molecule has 0 aromatic heterocycles. The molecule has 0 bridgehead atoms. The number of nitro groups is 1. The first-order chi connectivity index (χ1) is 7.63. The summed E-state index contributed by atoms with van der Waals surface area (Å²) in [6, 6.07) is 6.26. The van der Waals surface area contributed by atoms with Gasteiger partial charge in [0.15, 0.2) is 0 Å². The molecule has 0 aliphatic heterocycles. The molecular weight excluding hydrogens is 210 g/mol. The normalized spacial score (nSPS) is 9.81. The highest BCUT2D eigenvalue weighted by atomic mass is 16.6. The molecule has 0 heterocycles. The van der Waals surface area contributed by atoms with E-state index < -0.39 is 4.92 Å². The van der Waals surface area contributed by atoms with Gasteiger partial charge >= 0.3 is 5.97 Å². The molecule has 5 nitrogen and oxygen atoms in total. The second-order valence-corrected chi connectivity index (χ2v) is 3.23. The Labute approximate surface area is 93.2 Å². The van der Waals surface area contributed by atoms with Gasteiger partial charge in [0.1, 0.15) is 0 Å². The number of non-ortho nitro benzene ring substituents is 1. The SMILES string of the molecule is CCOC(=O)CCc1cccc([N+](=O)[O-])c1. The van der Waals surface area contributed by atoms with E-state index in [1.165, 1.54) is 12.1 Å². The number of benzene rings is 1. The summed E-state index contributed by atoms with van der Waals surface area (Å²) in [5.41, 5.74) is 0.809. The van der Waals surface area contributed by atoms with Gasteiger partial charge in [0, 0.05) is 18.6 Å². The summed E-state index contributed by atoms with van der Waals surface area (Å²) in [7, 11) is 0. The van der Waals surface area contributed by atoms with Crippen LogP contribution in [-0.2, 0) is 16.0 Å². The number of carbonyl (C=O) groups is 1. The van der Waals surface area contributed by atoms with Crippen molar-refractivity contribution >= 4 is 11.7 Å². The Hall–Kier alpha value is -1.91. The van der Waals surface area contributed by atoms with Crippen LogP contribution in [0.25, 0.3) is 0 Å². The molecule has 0 fully saturated rings. The first kappa shape index (κ1) is 12.2. The Morgan fingerprint density at radius 1 is 1.50 bits per heavy atom. The zero-order valence-electron chi connectivity index (χ0n) is 9.01. The number of rotatable bonds is 5. The predicted octanol–water partition coefficient (Wildman–Crippen LogP) is 2.09. The zero-order chi connectivity index (χ0) is 12.0. The Kier molecular flexibility index (Phi) is 4.44. The van der Waals surface area contributed by atoms with Crippen molar-refractivity contribution in [3.63, 3.8) is 0 Å². The van der Waals surface area contributed by atoms with Gasteiger partial charge in [0.05, 0.1) is 11.5 Å². The number of nitrogens with zero attached hydrogens (tertiary/aromatic N) is 1. The average molecular weight is 223 g/mol. The summed E-state index contributed by atoms with van der Waals surface area (Å²) >= 11 is 0. The first-order valence-electron chi connectivity index (χ1n) is 5.02. The van der Waals surface area contributed by atoms with Gasteiger partial charge in [-0.05, 0) is 18.9 Å². The summed E-state index contributed by atoms with van der Waals surface area (Å²) in [5, 5.41) is 10.5. The minimum atomic E-state index is -0.451. The quantitative estimate of drug-likeness (QED) is 0.435. The van der Waals surface area contributed by atoms with Gasteiger partial charge in [0.2, 0.25) is 0 Å². The first-order valence-corrected chi connectivity index (χ1v) is 5.02. The lowest BCUT2D eigenvalue weighted by Crippen LogP contribution is -2.05. The van der Waals surface area contributed by atoms with E-state index in [9.17, 15) is 14.9 Å². The van der Waals surface area contributed by atoms with Crippen LogP contribution in [-0.4, -0.2) is 17.5 Å². The van der Waals surface area contributed by atoms with Gasteiger partial charge in [-0.3, -0.25) is 14.9 Å². The lowest BCUT2D eigenvalue weighted by molar-refractivity contribution is -0.384. The fourth-order valence-corrected chi connectivity index (χ4v) is 1.31. The molecule has 0 unspecified atom stereocenters. The van der Waals surface area contributed by atoms with Crippen LogP contribution in [0.4, 0.5) is 5.69 Å². The molecule has 0 N–H and O–H groups in total. The summed E-state index contributed by atoms with van der Waals surface area (Å²) in [5.74, 6) is -0.283. The van der Waals surface area contributed by atoms with Gasteiger partial charge in [-0.25, -0.2) is 0 Å². The number of hydrogen-bond acceptors (Lipinski definition) is 4. The fourth-order valence-electron chi connectivity index (χ4n) is 1.31. The highest BCUT2D eigenvalue weighted by molar-refractivity contribution is 5.69. The van der Waals surface area contributed by atoms with Crippen molar-refractivity contribution in [1.82, 2.24) is 0 Å². The van der Waals surface area contributed by atoms with Crippen molar-refractivity contribution < 1.29 is 14.5 Å². The number of nitro benzene ring substituents is 1. The maximum atomic E-state index is 11.1. The second-order valence-electron chi connectivity index (χ2n) is 3.23. The molecule has 0 radical (unpaired) electrons. The molecular formula is C11H13NO4. The molecule has 0 amide bonds. The Morgan fingerprint density at radius 2 is 2.25 bits per heavy atom. The van der Waals surface area contributed by atoms with Crippen LogP contribution in [0.1, 0.15) is 18.9 Å². The molecule has 0 spiro atoms. The maximum absolute atomic E-state index is 11.1. The highest BCUT2D eigenvalue weighted by Crippen LogP contribution is 2.14. The topological polar surface area (TPSA) is 69.4 Å². The van der Waals surface area contributed by atoms with Crippen molar-refractivity contribution in [2.75, 3.05) is 6.61 Å². The van der Waals surface area contributed by atoms with E-state index >= 15 is 0 Å². The molecule has 1 rings (SSSR count). The lowest BCUT2D eigenvalue weighted by atomic mass is 10.1. The summed E-state index contributed by atoms with van der Waals surface area (Å²) < 4.78 is 4.77. The van der Waals surface area contributed by atoms with E-state index in [-0.39, 0.29) is 18.1 Å². The Morgan fingerprint density at radius 3 is 2.88 bits per heavy atom. The number of hydrogen-bond donors (Lipinski definition) is 0. The van der Waals surface area contributed by atoms with Crippen molar-refractivity contribution in [1.29, 1.82) is 0 Å². The molecule has 0 atom stereocenters. The Bertz CT molecular complexity index is 389. The third-order valence-corrected chi connectivity index (χ3v) is 2.04. The van der Waals surface area contributed by atoms with Gasteiger partial charge < -0.3 is 4.74 Å². The van der Waals surface area contributed by atoms with E-state index in [2.05, 4.69) is 0 Å². The third-order valence-electron chi connectivity index (χ3n) is 2.04. The van der Waals surface area contributed by atoms with E-state index in [0.29, 0.717) is 13.0 Å². The highest BCUT2D eigenvalue weighted by Gasteiger charge is 2.07.